The van der Waals surface area contributed by atoms with Crippen molar-refractivity contribution < 1.29 is 14.4 Å². The number of unbranched alkanes of at least 4 members (excludes halogenated alkanes) is 3. The zero-order chi connectivity index (χ0) is 14.8. The third-order valence-corrected chi connectivity index (χ3v) is 3.39. The Bertz CT molecular complexity index is 329. The second-order valence-electron chi connectivity index (χ2n) is 5.10. The highest BCUT2D eigenvalue weighted by molar-refractivity contribution is 6.01. The molecule has 0 aliphatic carbocycles. The van der Waals surface area contributed by atoms with Crippen molar-refractivity contribution in [1.29, 1.82) is 0 Å². The number of likely N-dealkylation sites (tertiary alicyclic amines) is 1. The number of imide groups is 1. The molecule has 0 bridgehead atoms. The van der Waals surface area contributed by atoms with Crippen LogP contribution in [-0.2, 0) is 14.4 Å². The zero-order valence-electron chi connectivity index (χ0n) is 12.0. The minimum absolute atomic E-state index is 0.0387. The highest BCUT2D eigenvalue weighted by Gasteiger charge is 2.27. The highest BCUT2D eigenvalue weighted by atomic mass is 16.2. The summed E-state index contributed by atoms with van der Waals surface area (Å²) in [7, 11) is 0. The van der Waals surface area contributed by atoms with Crippen LogP contribution in [0.25, 0.3) is 0 Å². The van der Waals surface area contributed by atoms with Gasteiger partial charge in [0.1, 0.15) is 0 Å². The number of carbonyl (C=O) groups excluding carboxylic acids is 3. The maximum atomic E-state index is 11.5. The first-order valence-corrected chi connectivity index (χ1v) is 7.45. The number of hydrogen-bond donors (Lipinski definition) is 2. The Hall–Kier alpha value is -1.43. The van der Waals surface area contributed by atoms with Gasteiger partial charge in [0.15, 0.2) is 0 Å². The summed E-state index contributed by atoms with van der Waals surface area (Å²) in [5.41, 5.74) is 5.39. The first kappa shape index (κ1) is 16.6. The van der Waals surface area contributed by atoms with Crippen molar-refractivity contribution in [2.75, 3.05) is 19.6 Å². The maximum absolute atomic E-state index is 11.5. The Labute approximate surface area is 120 Å². The van der Waals surface area contributed by atoms with Crippen molar-refractivity contribution in [3.63, 3.8) is 0 Å². The molecular weight excluding hydrogens is 258 g/mol. The van der Waals surface area contributed by atoms with E-state index in [-0.39, 0.29) is 17.7 Å². The van der Waals surface area contributed by atoms with Gasteiger partial charge in [-0.2, -0.15) is 0 Å². The van der Waals surface area contributed by atoms with E-state index in [1.165, 1.54) is 4.90 Å². The molecule has 1 aliphatic rings. The summed E-state index contributed by atoms with van der Waals surface area (Å²) in [6, 6.07) is 0. The van der Waals surface area contributed by atoms with Gasteiger partial charge in [-0.05, 0) is 25.8 Å². The molecule has 0 radical (unpaired) electrons. The van der Waals surface area contributed by atoms with Gasteiger partial charge in [0.2, 0.25) is 17.7 Å². The van der Waals surface area contributed by atoms with E-state index in [4.69, 9.17) is 5.73 Å². The van der Waals surface area contributed by atoms with Crippen molar-refractivity contribution in [2.24, 2.45) is 5.73 Å². The van der Waals surface area contributed by atoms with Crippen LogP contribution in [0.1, 0.15) is 51.4 Å². The topological polar surface area (TPSA) is 92.5 Å². The highest BCUT2D eigenvalue weighted by Crippen LogP contribution is 2.11. The smallest absolute Gasteiger partial charge is 0.229 e. The number of nitrogens with one attached hydrogen (secondary N) is 1. The van der Waals surface area contributed by atoms with E-state index >= 15 is 0 Å². The van der Waals surface area contributed by atoms with Gasteiger partial charge in [-0.25, -0.2) is 0 Å². The fraction of sp³-hybridized carbons (Fsp3) is 0.786. The van der Waals surface area contributed by atoms with E-state index in [1.54, 1.807) is 0 Å². The van der Waals surface area contributed by atoms with Crippen molar-refractivity contribution in [3.05, 3.63) is 0 Å². The molecule has 20 heavy (non-hydrogen) atoms. The molecule has 0 unspecified atom stereocenters. The van der Waals surface area contributed by atoms with E-state index in [2.05, 4.69) is 5.32 Å². The summed E-state index contributed by atoms with van der Waals surface area (Å²) in [5, 5.41) is 2.81. The first-order chi connectivity index (χ1) is 9.65. The van der Waals surface area contributed by atoms with Crippen molar-refractivity contribution in [1.82, 2.24) is 10.2 Å². The SMILES string of the molecule is NCCCCCCC(=O)NCCCN1C(=O)CCC1=O. The third-order valence-electron chi connectivity index (χ3n) is 3.39. The summed E-state index contributed by atoms with van der Waals surface area (Å²) >= 11 is 0. The predicted octanol–water partition coefficient (Wildman–Crippen LogP) is 0.551. The summed E-state index contributed by atoms with van der Waals surface area (Å²) in [5.74, 6) is -0.153. The van der Waals surface area contributed by atoms with Gasteiger partial charge in [0, 0.05) is 32.4 Å². The van der Waals surface area contributed by atoms with Gasteiger partial charge >= 0.3 is 0 Å². The molecule has 0 atom stereocenters. The van der Waals surface area contributed by atoms with E-state index < -0.39 is 0 Å². The zero-order valence-corrected chi connectivity index (χ0v) is 12.0. The average molecular weight is 283 g/mol. The van der Waals surface area contributed by atoms with E-state index in [0.29, 0.717) is 45.3 Å². The van der Waals surface area contributed by atoms with E-state index in [9.17, 15) is 14.4 Å². The van der Waals surface area contributed by atoms with Gasteiger partial charge in [-0.1, -0.05) is 12.8 Å². The summed E-state index contributed by atoms with van der Waals surface area (Å²) in [6.45, 7) is 1.63. The molecule has 0 saturated carbocycles. The molecule has 6 nitrogen and oxygen atoms in total. The molecule has 6 heteroatoms. The number of rotatable bonds is 10. The number of amides is 3. The minimum atomic E-state index is -0.0961. The summed E-state index contributed by atoms with van der Waals surface area (Å²) in [4.78, 5) is 35.5. The van der Waals surface area contributed by atoms with Crippen molar-refractivity contribution in [2.45, 2.75) is 51.4 Å². The Morgan fingerprint density at radius 1 is 1.05 bits per heavy atom. The normalized spacial score (nSPS) is 14.9. The number of carbonyl (C=O) groups is 3. The van der Waals surface area contributed by atoms with Crippen LogP contribution in [0, 0.1) is 0 Å². The van der Waals surface area contributed by atoms with Gasteiger partial charge in [-0.3, -0.25) is 19.3 Å². The lowest BCUT2D eigenvalue weighted by atomic mass is 10.1. The van der Waals surface area contributed by atoms with E-state index in [1.807, 2.05) is 0 Å². The van der Waals surface area contributed by atoms with Crippen LogP contribution in [-0.4, -0.2) is 42.3 Å². The molecule has 1 fully saturated rings. The molecule has 0 aromatic heterocycles. The molecule has 3 amide bonds. The monoisotopic (exact) mass is 283 g/mol. The maximum Gasteiger partial charge on any atom is 0.229 e. The van der Waals surface area contributed by atoms with Crippen molar-refractivity contribution in [3.8, 4) is 0 Å². The summed E-state index contributed by atoms with van der Waals surface area (Å²) < 4.78 is 0. The molecule has 1 rings (SSSR count). The lowest BCUT2D eigenvalue weighted by Crippen LogP contribution is -2.33. The van der Waals surface area contributed by atoms with Gasteiger partial charge in [-0.15, -0.1) is 0 Å². The lowest BCUT2D eigenvalue weighted by Gasteiger charge is -2.13. The van der Waals surface area contributed by atoms with Crippen LogP contribution in [0.5, 0.6) is 0 Å². The molecule has 1 aliphatic heterocycles. The standard InChI is InChI=1S/C14H25N3O3/c15-9-4-2-1-3-6-12(18)16-10-5-11-17-13(19)7-8-14(17)20/h1-11,15H2,(H,16,18). The van der Waals surface area contributed by atoms with Gasteiger partial charge in [0.05, 0.1) is 0 Å². The molecule has 0 aromatic carbocycles. The molecule has 114 valence electrons. The van der Waals surface area contributed by atoms with Crippen LogP contribution in [0.2, 0.25) is 0 Å². The molecule has 3 N–H and O–H groups in total. The number of nitrogens with two attached hydrogens (primary N) is 1. The second-order valence-corrected chi connectivity index (χ2v) is 5.10. The quantitative estimate of drug-likeness (QED) is 0.452. The largest absolute Gasteiger partial charge is 0.356 e. The van der Waals surface area contributed by atoms with Gasteiger partial charge < -0.3 is 11.1 Å². The van der Waals surface area contributed by atoms with Gasteiger partial charge in [0.25, 0.3) is 0 Å². The Kier molecular flexibility index (Phi) is 7.87. The Morgan fingerprint density at radius 3 is 2.35 bits per heavy atom. The second kappa shape index (κ2) is 9.47. The first-order valence-electron chi connectivity index (χ1n) is 7.45. The van der Waals surface area contributed by atoms with Crippen LogP contribution < -0.4 is 11.1 Å². The average Bonchev–Trinajstić information content (AvgIpc) is 2.74. The third kappa shape index (κ3) is 6.14. The van der Waals surface area contributed by atoms with Crippen LogP contribution >= 0.6 is 0 Å². The molecule has 1 heterocycles. The molecule has 1 saturated heterocycles. The fourth-order valence-corrected chi connectivity index (χ4v) is 2.21. The summed E-state index contributed by atoms with van der Waals surface area (Å²) in [6.07, 6.45) is 5.81. The van der Waals surface area contributed by atoms with Crippen LogP contribution in [0.3, 0.4) is 0 Å². The number of nitrogens with zero attached hydrogens (tertiary/aromatic N) is 1. The fourth-order valence-electron chi connectivity index (χ4n) is 2.21. The predicted molar refractivity (Wildman–Crippen MR) is 75.7 cm³/mol. The molecule has 0 aromatic rings. The Balaban J connectivity index is 1.99. The van der Waals surface area contributed by atoms with Crippen LogP contribution in [0.15, 0.2) is 0 Å². The Morgan fingerprint density at radius 2 is 1.70 bits per heavy atom. The number of hydrogen-bond acceptors (Lipinski definition) is 4. The minimum Gasteiger partial charge on any atom is -0.356 e. The van der Waals surface area contributed by atoms with Crippen LogP contribution in [0.4, 0.5) is 0 Å². The molecule has 0 spiro atoms. The molecular formula is C14H25N3O3. The van der Waals surface area contributed by atoms with E-state index in [0.717, 1.165) is 25.7 Å². The van der Waals surface area contributed by atoms with Crippen molar-refractivity contribution >= 4 is 17.7 Å². The lowest BCUT2D eigenvalue weighted by molar-refractivity contribution is -0.138.